The molecule has 0 radical (unpaired) electrons. The van der Waals surface area contributed by atoms with Gasteiger partial charge in [0.1, 0.15) is 5.82 Å². The second-order valence-electron chi connectivity index (χ2n) is 9.49. The Hall–Kier alpha value is -3.20. The molecule has 4 rings (SSSR count). The van der Waals surface area contributed by atoms with Crippen LogP contribution in [0.25, 0.3) is 0 Å². The number of anilines is 3. The molecule has 182 valence electrons. The number of amides is 2. The van der Waals surface area contributed by atoms with Crippen molar-refractivity contribution < 1.29 is 9.59 Å². The van der Waals surface area contributed by atoms with Gasteiger partial charge in [-0.3, -0.25) is 9.59 Å². The fourth-order valence-electron chi connectivity index (χ4n) is 4.40. The number of carbonyl (C=O) groups excluding carboxylic acids is 2. The van der Waals surface area contributed by atoms with Crippen LogP contribution in [-0.2, 0) is 16.0 Å². The molecule has 1 saturated heterocycles. The number of hydrogen-bond donors (Lipinski definition) is 3. The summed E-state index contributed by atoms with van der Waals surface area (Å²) in [5.41, 5.74) is 8.13. The lowest BCUT2D eigenvalue weighted by molar-refractivity contribution is -0.132. The smallest absolute Gasteiger partial charge is 0.229 e. The molecule has 2 aromatic rings. The molecule has 2 aliphatic rings. The number of piperidine rings is 1. The summed E-state index contributed by atoms with van der Waals surface area (Å²) in [6.45, 7) is 2.06. The Bertz CT molecular complexity index is 1010. The summed E-state index contributed by atoms with van der Waals surface area (Å²) in [6, 6.07) is 8.38. The monoisotopic (exact) mass is 465 g/mol. The molecule has 1 aliphatic heterocycles. The molecule has 0 unspecified atom stereocenters. The van der Waals surface area contributed by atoms with Crippen molar-refractivity contribution in [2.24, 2.45) is 5.73 Å². The minimum absolute atomic E-state index is 0.167. The summed E-state index contributed by atoms with van der Waals surface area (Å²) in [6.07, 6.45) is 6.77. The summed E-state index contributed by atoms with van der Waals surface area (Å²) in [5, 5.41) is 6.49. The fraction of sp³-hybridized carbons (Fsp3) is 0.520. The van der Waals surface area contributed by atoms with Crippen LogP contribution < -0.4 is 16.4 Å². The lowest BCUT2D eigenvalue weighted by Gasteiger charge is -2.35. The number of rotatable bonds is 10. The largest absolute Gasteiger partial charge is 0.370 e. The Morgan fingerprint density at radius 2 is 1.94 bits per heavy atom. The van der Waals surface area contributed by atoms with Crippen LogP contribution in [0.5, 0.6) is 0 Å². The average molecular weight is 466 g/mol. The van der Waals surface area contributed by atoms with E-state index in [1.54, 1.807) is 0 Å². The lowest BCUT2D eigenvalue weighted by Crippen LogP contribution is -2.44. The van der Waals surface area contributed by atoms with Crippen molar-refractivity contribution in [2.45, 2.75) is 50.5 Å². The predicted octanol–water partition coefficient (Wildman–Crippen LogP) is 2.48. The van der Waals surface area contributed by atoms with E-state index in [-0.39, 0.29) is 18.2 Å². The van der Waals surface area contributed by atoms with Gasteiger partial charge >= 0.3 is 0 Å². The minimum atomic E-state index is -0.346. The Balaban J connectivity index is 1.38. The number of likely N-dealkylation sites (tertiary alicyclic amines) is 1. The van der Waals surface area contributed by atoms with E-state index in [9.17, 15) is 9.59 Å². The molecular weight excluding hydrogens is 430 g/mol. The van der Waals surface area contributed by atoms with Gasteiger partial charge in [-0.2, -0.15) is 4.98 Å². The van der Waals surface area contributed by atoms with Crippen LogP contribution in [0.3, 0.4) is 0 Å². The molecule has 1 aromatic carbocycles. The van der Waals surface area contributed by atoms with E-state index in [4.69, 9.17) is 5.73 Å². The van der Waals surface area contributed by atoms with E-state index >= 15 is 0 Å². The van der Waals surface area contributed by atoms with Crippen molar-refractivity contribution in [1.82, 2.24) is 19.8 Å². The summed E-state index contributed by atoms with van der Waals surface area (Å²) in [7, 11) is 4.20. The van der Waals surface area contributed by atoms with Crippen LogP contribution in [-0.4, -0.2) is 71.4 Å². The number of nitrogens with zero attached hydrogens (tertiary/aromatic N) is 4. The molecule has 1 aliphatic carbocycles. The summed E-state index contributed by atoms with van der Waals surface area (Å²) < 4.78 is 0. The van der Waals surface area contributed by atoms with Crippen molar-refractivity contribution in [3.63, 3.8) is 0 Å². The van der Waals surface area contributed by atoms with Gasteiger partial charge in [-0.25, -0.2) is 4.98 Å². The number of benzene rings is 1. The molecule has 9 nitrogen and oxygen atoms in total. The van der Waals surface area contributed by atoms with Gasteiger partial charge in [0.15, 0.2) is 0 Å². The molecular formula is C25H35N7O2. The SMILES string of the molecule is CN(C)C1CCN(C(=O)Cc2cccc(Nc3ncc(C4CC4)c(NCCC(N)=O)n3)c2)CC1. The first-order chi connectivity index (χ1) is 16.4. The van der Waals surface area contributed by atoms with E-state index < -0.39 is 0 Å². The maximum absolute atomic E-state index is 12.8. The zero-order chi connectivity index (χ0) is 24.1. The number of primary amides is 1. The molecule has 2 amide bonds. The molecule has 2 fully saturated rings. The Morgan fingerprint density at radius 3 is 2.62 bits per heavy atom. The highest BCUT2D eigenvalue weighted by Crippen LogP contribution is 2.42. The summed E-state index contributed by atoms with van der Waals surface area (Å²) in [5.74, 6) is 1.51. The molecule has 4 N–H and O–H groups in total. The Morgan fingerprint density at radius 1 is 1.18 bits per heavy atom. The van der Waals surface area contributed by atoms with Crippen molar-refractivity contribution in [3.05, 3.63) is 41.6 Å². The number of carbonyl (C=O) groups is 2. The highest BCUT2D eigenvalue weighted by atomic mass is 16.2. The first-order valence-electron chi connectivity index (χ1n) is 12.1. The van der Waals surface area contributed by atoms with Gasteiger partial charge < -0.3 is 26.2 Å². The van der Waals surface area contributed by atoms with Gasteiger partial charge in [-0.05, 0) is 63.4 Å². The zero-order valence-electron chi connectivity index (χ0n) is 20.1. The molecule has 1 saturated carbocycles. The third-order valence-electron chi connectivity index (χ3n) is 6.58. The van der Waals surface area contributed by atoms with E-state index in [1.165, 1.54) is 0 Å². The Kier molecular flexibility index (Phi) is 7.62. The Labute approximate surface area is 201 Å². The standard InChI is InChI=1S/C25H35N7O2/c1-31(2)20-9-12-32(13-10-20)23(34)15-17-4-3-5-19(14-17)29-25-28-16-21(18-6-7-18)24(30-25)27-11-8-22(26)33/h3-5,14,16,18,20H,6-13,15H2,1-2H3,(H2,26,33)(H2,27,28,29,30). The van der Waals surface area contributed by atoms with Gasteiger partial charge in [-0.1, -0.05) is 12.1 Å². The van der Waals surface area contributed by atoms with E-state index in [2.05, 4.69) is 39.6 Å². The van der Waals surface area contributed by atoms with Crippen molar-refractivity contribution >= 4 is 29.3 Å². The van der Waals surface area contributed by atoms with Gasteiger partial charge in [0.05, 0.1) is 6.42 Å². The van der Waals surface area contributed by atoms with E-state index in [0.29, 0.717) is 30.9 Å². The quantitative estimate of drug-likeness (QED) is 0.494. The van der Waals surface area contributed by atoms with Crippen LogP contribution in [0, 0.1) is 0 Å². The van der Waals surface area contributed by atoms with Crippen LogP contribution in [0.1, 0.15) is 49.1 Å². The molecule has 34 heavy (non-hydrogen) atoms. The average Bonchev–Trinajstić information content (AvgIpc) is 3.65. The van der Waals surface area contributed by atoms with E-state index in [1.807, 2.05) is 35.4 Å². The van der Waals surface area contributed by atoms with E-state index in [0.717, 1.165) is 61.4 Å². The third kappa shape index (κ3) is 6.44. The highest BCUT2D eigenvalue weighted by Gasteiger charge is 2.28. The molecule has 9 heteroatoms. The first-order valence-corrected chi connectivity index (χ1v) is 12.1. The van der Waals surface area contributed by atoms with Crippen LogP contribution in [0.15, 0.2) is 30.5 Å². The van der Waals surface area contributed by atoms with Crippen molar-refractivity contribution in [2.75, 3.05) is 44.4 Å². The van der Waals surface area contributed by atoms with Gasteiger partial charge in [0, 0.05) is 49.5 Å². The number of hydrogen-bond acceptors (Lipinski definition) is 7. The van der Waals surface area contributed by atoms with Gasteiger partial charge in [0.2, 0.25) is 17.8 Å². The highest BCUT2D eigenvalue weighted by molar-refractivity contribution is 5.79. The first kappa shape index (κ1) is 23.9. The number of aromatic nitrogens is 2. The van der Waals surface area contributed by atoms with Crippen LogP contribution in [0.4, 0.5) is 17.5 Å². The molecule has 0 spiro atoms. The van der Waals surface area contributed by atoms with Crippen molar-refractivity contribution in [1.29, 1.82) is 0 Å². The zero-order valence-corrected chi connectivity index (χ0v) is 20.1. The number of nitrogens with two attached hydrogens (primary N) is 1. The van der Waals surface area contributed by atoms with Crippen LogP contribution >= 0.6 is 0 Å². The molecule has 0 bridgehead atoms. The molecule has 2 heterocycles. The van der Waals surface area contributed by atoms with Gasteiger partial charge in [-0.15, -0.1) is 0 Å². The topological polar surface area (TPSA) is 116 Å². The minimum Gasteiger partial charge on any atom is -0.370 e. The van der Waals surface area contributed by atoms with Crippen LogP contribution in [0.2, 0.25) is 0 Å². The maximum Gasteiger partial charge on any atom is 0.229 e. The summed E-state index contributed by atoms with van der Waals surface area (Å²) in [4.78, 5) is 37.3. The normalized spacial score (nSPS) is 16.5. The number of nitrogens with one attached hydrogen (secondary N) is 2. The molecule has 1 aromatic heterocycles. The lowest BCUT2D eigenvalue weighted by atomic mass is 10.0. The second kappa shape index (κ2) is 10.8. The second-order valence-corrected chi connectivity index (χ2v) is 9.49. The fourth-order valence-corrected chi connectivity index (χ4v) is 4.40. The maximum atomic E-state index is 12.8. The predicted molar refractivity (Wildman–Crippen MR) is 133 cm³/mol. The van der Waals surface area contributed by atoms with Crippen molar-refractivity contribution in [3.8, 4) is 0 Å². The molecule has 0 atom stereocenters. The summed E-state index contributed by atoms with van der Waals surface area (Å²) >= 11 is 0. The third-order valence-corrected chi connectivity index (χ3v) is 6.58. The van der Waals surface area contributed by atoms with Gasteiger partial charge in [0.25, 0.3) is 0 Å².